The average Bonchev–Trinajstić information content (AvgIpc) is 3.32. The van der Waals surface area contributed by atoms with Crippen LogP contribution in [0.15, 0.2) is 29.1 Å². The lowest BCUT2D eigenvalue weighted by Crippen LogP contribution is -2.40. The average molecular weight is 313 g/mol. The van der Waals surface area contributed by atoms with Gasteiger partial charge in [-0.3, -0.25) is 9.59 Å². The first-order valence-corrected chi connectivity index (χ1v) is 8.26. The second kappa shape index (κ2) is 5.80. The van der Waals surface area contributed by atoms with Gasteiger partial charge in [0.25, 0.3) is 11.5 Å². The van der Waals surface area contributed by atoms with E-state index in [1.807, 2.05) is 50.8 Å². The van der Waals surface area contributed by atoms with E-state index in [9.17, 15) is 9.59 Å². The summed E-state index contributed by atoms with van der Waals surface area (Å²) in [5, 5.41) is 5.63. The van der Waals surface area contributed by atoms with E-state index in [2.05, 4.69) is 5.10 Å². The minimum absolute atomic E-state index is 0.0758. The van der Waals surface area contributed by atoms with Crippen molar-refractivity contribution in [2.24, 2.45) is 0 Å². The molecular weight excluding hydrogens is 290 g/mol. The maximum Gasteiger partial charge on any atom is 0.275 e. The summed E-state index contributed by atoms with van der Waals surface area (Å²) < 4.78 is 1.42. The third-order valence-corrected chi connectivity index (χ3v) is 4.25. The van der Waals surface area contributed by atoms with Gasteiger partial charge in [0.05, 0.1) is 11.4 Å². The zero-order valence-corrected chi connectivity index (χ0v) is 14.1. The first-order valence-electron chi connectivity index (χ1n) is 8.26. The van der Waals surface area contributed by atoms with Crippen molar-refractivity contribution in [3.05, 3.63) is 40.3 Å². The van der Waals surface area contributed by atoms with E-state index in [-0.39, 0.29) is 23.6 Å². The van der Waals surface area contributed by atoms with Crippen molar-refractivity contribution in [2.75, 3.05) is 0 Å². The molecule has 2 aromatic rings. The highest BCUT2D eigenvalue weighted by atomic mass is 16.2. The minimum Gasteiger partial charge on any atom is -0.332 e. The number of carbonyl (C=O) groups is 1. The van der Waals surface area contributed by atoms with E-state index >= 15 is 0 Å². The van der Waals surface area contributed by atoms with E-state index < -0.39 is 0 Å². The summed E-state index contributed by atoms with van der Waals surface area (Å²) in [6.45, 7) is 7.85. The summed E-state index contributed by atoms with van der Waals surface area (Å²) in [6.07, 6.45) is 2.09. The van der Waals surface area contributed by atoms with Crippen LogP contribution in [0.2, 0.25) is 0 Å². The lowest BCUT2D eigenvalue weighted by molar-refractivity contribution is 0.0683. The predicted molar refractivity (Wildman–Crippen MR) is 90.7 cm³/mol. The Labute approximate surface area is 135 Å². The summed E-state index contributed by atoms with van der Waals surface area (Å²) >= 11 is 0. The molecule has 1 heterocycles. The fourth-order valence-electron chi connectivity index (χ4n) is 3.01. The molecule has 1 aromatic heterocycles. The molecule has 0 atom stereocenters. The van der Waals surface area contributed by atoms with Crippen LogP contribution in [0.3, 0.4) is 0 Å². The lowest BCUT2D eigenvalue weighted by atomic mass is 10.1. The van der Waals surface area contributed by atoms with Crippen molar-refractivity contribution in [1.82, 2.24) is 14.7 Å². The number of hydrogen-bond donors (Lipinski definition) is 0. The fraction of sp³-hybridized carbons (Fsp3) is 0.500. The molecule has 1 saturated carbocycles. The van der Waals surface area contributed by atoms with Crippen LogP contribution in [0.5, 0.6) is 0 Å². The zero-order valence-electron chi connectivity index (χ0n) is 14.1. The van der Waals surface area contributed by atoms with Gasteiger partial charge < -0.3 is 4.90 Å². The Kier molecular flexibility index (Phi) is 3.96. The molecule has 1 fully saturated rings. The van der Waals surface area contributed by atoms with Gasteiger partial charge in [-0.15, -0.1) is 0 Å². The molecule has 122 valence electrons. The highest BCUT2D eigenvalue weighted by molar-refractivity contribution is 6.05. The molecule has 3 rings (SSSR count). The molecule has 1 aliphatic carbocycles. The molecule has 0 spiro atoms. The SMILES string of the molecule is CC(C)N(C(=O)c1nn(C(C)C)c(=O)c2ccccc12)C1CC1. The topological polar surface area (TPSA) is 55.2 Å². The van der Waals surface area contributed by atoms with E-state index in [0.717, 1.165) is 12.8 Å². The minimum atomic E-state index is -0.144. The highest BCUT2D eigenvalue weighted by Gasteiger charge is 2.36. The van der Waals surface area contributed by atoms with Gasteiger partial charge in [-0.2, -0.15) is 5.10 Å². The largest absolute Gasteiger partial charge is 0.332 e. The molecule has 0 aliphatic heterocycles. The van der Waals surface area contributed by atoms with Crippen LogP contribution in [-0.2, 0) is 0 Å². The molecule has 0 radical (unpaired) electrons. The molecule has 1 aliphatic rings. The summed E-state index contributed by atoms with van der Waals surface area (Å²) in [7, 11) is 0. The molecular formula is C18H23N3O2. The van der Waals surface area contributed by atoms with Crippen LogP contribution < -0.4 is 5.56 Å². The molecule has 0 saturated heterocycles. The van der Waals surface area contributed by atoms with Gasteiger partial charge >= 0.3 is 0 Å². The Morgan fingerprint density at radius 1 is 1.17 bits per heavy atom. The van der Waals surface area contributed by atoms with Gasteiger partial charge in [0.15, 0.2) is 5.69 Å². The third-order valence-electron chi connectivity index (χ3n) is 4.25. The Morgan fingerprint density at radius 3 is 2.30 bits per heavy atom. The number of benzene rings is 1. The molecule has 5 nitrogen and oxygen atoms in total. The van der Waals surface area contributed by atoms with Crippen LogP contribution in [0.1, 0.15) is 57.1 Å². The number of fused-ring (bicyclic) bond motifs is 1. The number of amides is 1. The number of nitrogens with zero attached hydrogens (tertiary/aromatic N) is 3. The van der Waals surface area contributed by atoms with E-state index in [4.69, 9.17) is 0 Å². The van der Waals surface area contributed by atoms with Gasteiger partial charge in [-0.1, -0.05) is 18.2 Å². The Morgan fingerprint density at radius 2 is 1.78 bits per heavy atom. The summed E-state index contributed by atoms with van der Waals surface area (Å²) in [6, 6.07) is 7.59. The maximum absolute atomic E-state index is 13.1. The van der Waals surface area contributed by atoms with Crippen molar-refractivity contribution in [3.63, 3.8) is 0 Å². The van der Waals surface area contributed by atoms with Crippen molar-refractivity contribution < 1.29 is 4.79 Å². The van der Waals surface area contributed by atoms with Gasteiger partial charge in [-0.25, -0.2) is 4.68 Å². The second-order valence-corrected chi connectivity index (χ2v) is 6.78. The van der Waals surface area contributed by atoms with Crippen molar-refractivity contribution in [2.45, 2.75) is 58.7 Å². The molecule has 0 bridgehead atoms. The number of aromatic nitrogens is 2. The first kappa shape index (κ1) is 15.7. The number of rotatable bonds is 4. The van der Waals surface area contributed by atoms with Crippen molar-refractivity contribution in [1.29, 1.82) is 0 Å². The molecule has 1 amide bonds. The smallest absolute Gasteiger partial charge is 0.275 e. The number of hydrogen-bond acceptors (Lipinski definition) is 3. The van der Waals surface area contributed by atoms with Gasteiger partial charge in [0.2, 0.25) is 0 Å². The van der Waals surface area contributed by atoms with Crippen LogP contribution in [0.25, 0.3) is 10.8 Å². The summed E-state index contributed by atoms with van der Waals surface area (Å²) in [4.78, 5) is 27.6. The Balaban J connectivity index is 2.21. The molecule has 0 N–H and O–H groups in total. The first-order chi connectivity index (χ1) is 10.9. The van der Waals surface area contributed by atoms with E-state index in [0.29, 0.717) is 22.5 Å². The third kappa shape index (κ3) is 2.76. The second-order valence-electron chi connectivity index (χ2n) is 6.78. The molecule has 1 aromatic carbocycles. The van der Waals surface area contributed by atoms with Crippen LogP contribution in [-0.4, -0.2) is 32.7 Å². The standard InChI is InChI=1S/C18H23N3O2/c1-11(2)20(13-9-10-13)18(23)16-14-7-5-6-8-15(14)17(22)21(19-16)12(3)4/h5-8,11-13H,9-10H2,1-4H3. The van der Waals surface area contributed by atoms with E-state index in [1.165, 1.54) is 4.68 Å². The summed E-state index contributed by atoms with van der Waals surface area (Å²) in [5.74, 6) is -0.0758. The van der Waals surface area contributed by atoms with Crippen molar-refractivity contribution >= 4 is 16.7 Å². The van der Waals surface area contributed by atoms with Gasteiger partial charge in [0.1, 0.15) is 0 Å². The normalized spacial score (nSPS) is 14.7. The van der Waals surface area contributed by atoms with Crippen LogP contribution in [0, 0.1) is 0 Å². The van der Waals surface area contributed by atoms with Gasteiger partial charge in [0, 0.05) is 17.5 Å². The summed E-state index contributed by atoms with van der Waals surface area (Å²) in [5.41, 5.74) is 0.240. The molecule has 0 unspecified atom stereocenters. The molecule has 23 heavy (non-hydrogen) atoms. The fourth-order valence-corrected chi connectivity index (χ4v) is 3.01. The lowest BCUT2D eigenvalue weighted by Gasteiger charge is -2.27. The maximum atomic E-state index is 13.1. The highest BCUT2D eigenvalue weighted by Crippen LogP contribution is 2.30. The van der Waals surface area contributed by atoms with Crippen LogP contribution in [0.4, 0.5) is 0 Å². The Bertz CT molecular complexity index is 802. The Hall–Kier alpha value is -2.17. The van der Waals surface area contributed by atoms with E-state index in [1.54, 1.807) is 6.07 Å². The zero-order chi connectivity index (χ0) is 16.7. The molecule has 5 heteroatoms. The van der Waals surface area contributed by atoms with Gasteiger partial charge in [-0.05, 0) is 46.6 Å². The van der Waals surface area contributed by atoms with Crippen LogP contribution >= 0.6 is 0 Å². The number of carbonyl (C=O) groups excluding carboxylic acids is 1. The predicted octanol–water partition coefficient (Wildman–Crippen LogP) is 2.99. The monoisotopic (exact) mass is 313 g/mol. The quantitative estimate of drug-likeness (QED) is 0.872. The van der Waals surface area contributed by atoms with Crippen molar-refractivity contribution in [3.8, 4) is 0 Å².